The van der Waals surface area contributed by atoms with Gasteiger partial charge in [0.05, 0.1) is 0 Å². The van der Waals surface area contributed by atoms with Crippen LogP contribution in [0.1, 0.15) is 14.8 Å². The topological polar surface area (TPSA) is 131 Å². The average molecular weight is 328 g/mol. The second kappa shape index (κ2) is 9.70. The van der Waals surface area contributed by atoms with E-state index in [9.17, 15) is 14.2 Å². The molecular weight excluding hydrogens is 313 g/mol. The molecule has 0 fully saturated rings. The van der Waals surface area contributed by atoms with Gasteiger partial charge in [0.15, 0.2) is 6.35 Å². The summed E-state index contributed by atoms with van der Waals surface area (Å²) in [7, 11) is -3.19. The molecule has 1 heterocycles. The second-order valence-electron chi connectivity index (χ2n) is 3.48. The fourth-order valence-electron chi connectivity index (χ4n) is 1.17. The van der Waals surface area contributed by atoms with Gasteiger partial charge < -0.3 is 22.1 Å². The number of methoxy groups -OCH3 is 1. The molecule has 12 heteroatoms. The smallest absolute Gasteiger partial charge is 1.00 e. The van der Waals surface area contributed by atoms with Crippen LogP contribution < -0.4 is 70.4 Å². The third-order valence-electron chi connectivity index (χ3n) is 1.96. The third kappa shape index (κ3) is 7.15. The zero-order chi connectivity index (χ0) is 13.9. The molecule has 0 saturated carbocycles. The number of aromatic nitrogens is 2. The predicted octanol–water partition coefficient (Wildman–Crippen LogP) is -6.67. The van der Waals surface area contributed by atoms with E-state index in [0.717, 1.165) is 4.57 Å². The molecule has 1 rings (SSSR count). The summed E-state index contributed by atoms with van der Waals surface area (Å²) in [5.74, 6) is 0. The molecule has 1 unspecified atom stereocenters. The van der Waals surface area contributed by atoms with Crippen LogP contribution in [0, 0.1) is 6.92 Å². The summed E-state index contributed by atoms with van der Waals surface area (Å²) < 4.78 is 21.1. The molecule has 0 amide bonds. The summed E-state index contributed by atoms with van der Waals surface area (Å²) in [5, 5.41) is 0. The van der Waals surface area contributed by atoms with E-state index in [0.29, 0.717) is 0 Å². The van der Waals surface area contributed by atoms with Crippen LogP contribution in [0.5, 0.6) is 0 Å². The van der Waals surface area contributed by atoms with Crippen molar-refractivity contribution in [1.29, 1.82) is 0 Å². The van der Waals surface area contributed by atoms with Crippen molar-refractivity contribution in [3.63, 3.8) is 0 Å². The zero-order valence-electron chi connectivity index (χ0n) is 13.7. The van der Waals surface area contributed by atoms with Gasteiger partial charge in [0, 0.05) is 18.9 Å². The molecule has 0 radical (unpaired) electrons. The van der Waals surface area contributed by atoms with Crippen LogP contribution >= 0.6 is 7.60 Å². The van der Waals surface area contributed by atoms with Crippen LogP contribution in [0.2, 0.25) is 0 Å². The minimum atomic E-state index is -4.38. The van der Waals surface area contributed by atoms with Gasteiger partial charge in [0.2, 0.25) is 6.41 Å². The van der Waals surface area contributed by atoms with Crippen LogP contribution in [-0.2, 0) is 14.0 Å². The van der Waals surface area contributed by atoms with E-state index in [1.165, 1.54) is 20.2 Å². The minimum absolute atomic E-state index is 0. The Balaban J connectivity index is -0.000000405. The molecule has 9 nitrogen and oxygen atoms in total. The van der Waals surface area contributed by atoms with Crippen molar-refractivity contribution in [2.24, 2.45) is 0 Å². The van der Waals surface area contributed by atoms with Gasteiger partial charge in [0.1, 0.15) is 0 Å². The molecular formula is C8H15N2Na2O7P. The summed E-state index contributed by atoms with van der Waals surface area (Å²) in [4.78, 5) is 42.0. The van der Waals surface area contributed by atoms with Crippen molar-refractivity contribution in [2.45, 2.75) is 13.3 Å². The number of nitrogens with one attached hydrogen (secondary N) is 1. The first-order chi connectivity index (χ1) is 8.24. The van der Waals surface area contributed by atoms with Gasteiger partial charge in [-0.1, -0.05) is 0 Å². The summed E-state index contributed by atoms with van der Waals surface area (Å²) >= 11 is 0. The van der Waals surface area contributed by atoms with Gasteiger partial charge in [-0.25, -0.2) is 9.36 Å². The molecule has 0 saturated heterocycles. The minimum Gasteiger partial charge on any atom is -1.00 e. The molecule has 0 aliphatic carbocycles. The zero-order valence-corrected chi connectivity index (χ0v) is 16.6. The van der Waals surface area contributed by atoms with Crippen molar-refractivity contribution in [2.75, 3.05) is 13.5 Å². The number of hydrogen-bond donors (Lipinski definition) is 3. The molecule has 0 aromatic carbocycles. The predicted molar refractivity (Wildman–Crippen MR) is 62.3 cm³/mol. The molecule has 0 aliphatic rings. The van der Waals surface area contributed by atoms with E-state index in [2.05, 4.69) is 0 Å². The third-order valence-corrected chi connectivity index (χ3v) is 2.45. The van der Waals surface area contributed by atoms with Gasteiger partial charge in [0.25, 0.3) is 5.56 Å². The van der Waals surface area contributed by atoms with Crippen molar-refractivity contribution >= 4 is 7.60 Å². The Hall–Kier alpha value is 0.750. The normalized spacial score (nSPS) is 12.2. The van der Waals surface area contributed by atoms with Crippen LogP contribution in [-0.4, -0.2) is 32.8 Å². The van der Waals surface area contributed by atoms with E-state index in [1.54, 1.807) is 0 Å². The van der Waals surface area contributed by atoms with Gasteiger partial charge in [-0.15, -0.1) is 0 Å². The summed E-state index contributed by atoms with van der Waals surface area (Å²) in [6.07, 6.45) is -1.06. The molecule has 1 aromatic heterocycles. The number of H-pyrrole nitrogens is 1. The first kappa shape index (κ1) is 23.0. The number of rotatable bonds is 5. The van der Waals surface area contributed by atoms with E-state index in [-0.39, 0.29) is 67.5 Å². The van der Waals surface area contributed by atoms with Gasteiger partial charge in [-0.2, -0.15) is 0 Å². The van der Waals surface area contributed by atoms with Gasteiger partial charge >= 0.3 is 72.4 Å². The maximum Gasteiger partial charge on any atom is 1.00 e. The number of ether oxygens (including phenoxy) is 2. The molecule has 1 aromatic rings. The Labute approximate surface area is 161 Å². The van der Waals surface area contributed by atoms with E-state index < -0.39 is 31.6 Å². The number of hydrogen-bond acceptors (Lipinski definition) is 5. The van der Waals surface area contributed by atoms with Crippen molar-refractivity contribution in [3.05, 3.63) is 32.6 Å². The fourth-order valence-corrected chi connectivity index (χ4v) is 1.49. The Bertz CT molecular complexity index is 591. The molecule has 3 N–H and O–H groups in total. The maximum atomic E-state index is 11.5. The quantitative estimate of drug-likeness (QED) is 0.278. The van der Waals surface area contributed by atoms with Crippen molar-refractivity contribution < 1.29 is 85.8 Å². The van der Waals surface area contributed by atoms with E-state index in [4.69, 9.17) is 19.3 Å². The SMILES string of the molecule is COC(OCP(=O)(O)O)n1cc(C)c(=O)[nH]c1=O.[H-].[H-].[Na+].[Na+]. The molecule has 0 bridgehead atoms. The first-order valence-corrected chi connectivity index (χ1v) is 6.55. The van der Waals surface area contributed by atoms with Crippen LogP contribution in [0.25, 0.3) is 0 Å². The molecule has 20 heavy (non-hydrogen) atoms. The summed E-state index contributed by atoms with van der Waals surface area (Å²) in [6, 6.07) is 0. The number of nitrogens with zero attached hydrogens (tertiary/aromatic N) is 1. The molecule has 1 atom stereocenters. The van der Waals surface area contributed by atoms with Crippen molar-refractivity contribution in [1.82, 2.24) is 9.55 Å². The Kier molecular flexibility index (Phi) is 11.2. The number of aryl methyl sites for hydroxylation is 1. The molecule has 106 valence electrons. The molecule has 0 spiro atoms. The van der Waals surface area contributed by atoms with Crippen LogP contribution in [0.3, 0.4) is 0 Å². The largest absolute Gasteiger partial charge is 1.00 e. The monoisotopic (exact) mass is 328 g/mol. The Morgan fingerprint density at radius 3 is 2.45 bits per heavy atom. The van der Waals surface area contributed by atoms with E-state index in [1.807, 2.05) is 4.98 Å². The fraction of sp³-hybridized carbons (Fsp3) is 0.500. The Morgan fingerprint density at radius 2 is 2.00 bits per heavy atom. The standard InChI is InChI=1S/C8H13N2O7P.2Na.2H/c1-5-3-10(7(12)9-6(5)11)8(16-2)17-4-18(13,14)15;;;;/h3,8H,4H2,1-2H3,(H,9,11,12)(H2,13,14,15);;;;/q;2*+1;2*-1. The number of aromatic amines is 1. The maximum absolute atomic E-state index is 11.5. The summed E-state index contributed by atoms with van der Waals surface area (Å²) in [5.41, 5.74) is -1.12. The first-order valence-electron chi connectivity index (χ1n) is 4.75. The summed E-state index contributed by atoms with van der Waals surface area (Å²) in [6.45, 7) is 1.46. The van der Waals surface area contributed by atoms with Crippen molar-refractivity contribution in [3.8, 4) is 0 Å². The average Bonchev–Trinajstić information content (AvgIpc) is 2.24. The van der Waals surface area contributed by atoms with Gasteiger partial charge in [-0.05, 0) is 6.92 Å². The van der Waals surface area contributed by atoms with E-state index >= 15 is 0 Å². The Morgan fingerprint density at radius 1 is 1.45 bits per heavy atom. The van der Waals surface area contributed by atoms with Crippen LogP contribution in [0.4, 0.5) is 0 Å². The molecule has 0 aliphatic heterocycles. The second-order valence-corrected chi connectivity index (χ2v) is 5.07. The van der Waals surface area contributed by atoms with Gasteiger partial charge in [-0.3, -0.25) is 14.3 Å². The van der Waals surface area contributed by atoms with Crippen LogP contribution in [0.15, 0.2) is 15.8 Å².